The molecule has 132 valence electrons. The minimum Gasteiger partial charge on any atom is -0.493 e. The smallest absolute Gasteiger partial charge is 0.255 e. The molecule has 0 aliphatic carbocycles. The number of methoxy groups -OCH3 is 2. The van der Waals surface area contributed by atoms with Crippen LogP contribution in [0.1, 0.15) is 36.0 Å². The maximum absolute atomic E-state index is 12.9. The number of benzene rings is 1. The van der Waals surface area contributed by atoms with Gasteiger partial charge in [-0.3, -0.25) is 9.59 Å². The fraction of sp³-hybridized carbons (Fsp3) is 0.529. The Hall–Kier alpha value is -1.51. The Balaban J connectivity index is 2.14. The van der Waals surface area contributed by atoms with Gasteiger partial charge in [0.15, 0.2) is 11.5 Å². The molecule has 2 N–H and O–H groups in total. The van der Waals surface area contributed by atoms with Crippen LogP contribution in [0.25, 0.3) is 0 Å². The van der Waals surface area contributed by atoms with E-state index in [-0.39, 0.29) is 11.8 Å². The van der Waals surface area contributed by atoms with Gasteiger partial charge in [0.25, 0.3) is 5.91 Å². The van der Waals surface area contributed by atoms with Gasteiger partial charge in [0.1, 0.15) is 0 Å². The highest BCUT2D eigenvalue weighted by Gasteiger charge is 2.26. The summed E-state index contributed by atoms with van der Waals surface area (Å²) in [6, 6.07) is 3.54. The first-order valence-electron chi connectivity index (χ1n) is 7.95. The molecule has 1 saturated heterocycles. The molecule has 7 heteroatoms. The number of carbonyl (C=O) groups excluding carboxylic acids is 2. The van der Waals surface area contributed by atoms with E-state index < -0.39 is 0 Å². The largest absolute Gasteiger partial charge is 0.493 e. The molecular formula is C17H23IN2O4. The Bertz CT molecular complexity index is 621. The molecule has 1 atom stereocenters. The Morgan fingerprint density at radius 3 is 2.58 bits per heavy atom. The van der Waals surface area contributed by atoms with Crippen molar-refractivity contribution in [2.24, 2.45) is 11.7 Å². The first-order chi connectivity index (χ1) is 11.5. The quantitative estimate of drug-likeness (QED) is 0.681. The van der Waals surface area contributed by atoms with Crippen LogP contribution in [-0.2, 0) is 4.79 Å². The summed E-state index contributed by atoms with van der Waals surface area (Å²) in [7, 11) is 3.13. The number of nitrogens with two attached hydrogens (primary N) is 1. The standard InChI is InChI=1S/C17H23IN2O4/c1-23-14-8-12(13(18)9-15(14)24-2)17(22)20-7-3-4-11(10-20)5-6-16(19)21/h8-9,11H,3-7,10H2,1-2H3,(H2,19,21). The summed E-state index contributed by atoms with van der Waals surface area (Å²) in [5, 5.41) is 0. The van der Waals surface area contributed by atoms with Crippen molar-refractivity contribution in [3.63, 3.8) is 0 Å². The number of primary amides is 1. The van der Waals surface area contributed by atoms with Gasteiger partial charge in [-0.2, -0.15) is 0 Å². The molecule has 0 bridgehead atoms. The zero-order chi connectivity index (χ0) is 17.7. The van der Waals surface area contributed by atoms with Gasteiger partial charge in [0, 0.05) is 23.1 Å². The zero-order valence-corrected chi connectivity index (χ0v) is 16.2. The van der Waals surface area contributed by atoms with Gasteiger partial charge in [-0.25, -0.2) is 0 Å². The lowest BCUT2D eigenvalue weighted by atomic mass is 9.93. The topological polar surface area (TPSA) is 81.9 Å². The molecule has 1 fully saturated rings. The molecule has 1 aliphatic heterocycles. The van der Waals surface area contributed by atoms with Gasteiger partial charge in [0.2, 0.25) is 5.91 Å². The highest BCUT2D eigenvalue weighted by Crippen LogP contribution is 2.32. The molecule has 1 aromatic rings. The fourth-order valence-corrected chi connectivity index (χ4v) is 3.69. The van der Waals surface area contributed by atoms with Gasteiger partial charge in [-0.1, -0.05) is 0 Å². The summed E-state index contributed by atoms with van der Waals surface area (Å²) in [6.45, 7) is 1.40. The molecule has 0 aromatic heterocycles. The van der Waals surface area contributed by atoms with E-state index in [9.17, 15) is 9.59 Å². The van der Waals surface area contributed by atoms with E-state index in [1.54, 1.807) is 26.4 Å². The monoisotopic (exact) mass is 446 g/mol. The minimum atomic E-state index is -0.284. The van der Waals surface area contributed by atoms with E-state index in [1.165, 1.54) is 0 Å². The second-order valence-electron chi connectivity index (χ2n) is 5.95. The third-order valence-corrected chi connectivity index (χ3v) is 5.20. The molecule has 1 aliphatic rings. The van der Waals surface area contributed by atoms with E-state index >= 15 is 0 Å². The molecule has 24 heavy (non-hydrogen) atoms. The third kappa shape index (κ3) is 4.52. The number of ether oxygens (including phenoxy) is 2. The lowest BCUT2D eigenvalue weighted by Crippen LogP contribution is -2.40. The van der Waals surface area contributed by atoms with Crippen LogP contribution >= 0.6 is 22.6 Å². The number of rotatable bonds is 6. The fourth-order valence-electron chi connectivity index (χ4n) is 3.02. The molecular weight excluding hydrogens is 423 g/mol. The van der Waals surface area contributed by atoms with E-state index in [4.69, 9.17) is 15.2 Å². The number of nitrogens with zero attached hydrogens (tertiary/aromatic N) is 1. The Morgan fingerprint density at radius 2 is 1.96 bits per heavy atom. The summed E-state index contributed by atoms with van der Waals surface area (Å²) < 4.78 is 11.4. The highest BCUT2D eigenvalue weighted by atomic mass is 127. The van der Waals surface area contributed by atoms with Gasteiger partial charge in [0.05, 0.1) is 19.8 Å². The van der Waals surface area contributed by atoms with Crippen molar-refractivity contribution in [1.82, 2.24) is 4.90 Å². The van der Waals surface area contributed by atoms with Crippen molar-refractivity contribution in [2.45, 2.75) is 25.7 Å². The minimum absolute atomic E-state index is 0.0101. The van der Waals surface area contributed by atoms with Crippen molar-refractivity contribution in [3.8, 4) is 11.5 Å². The molecule has 0 spiro atoms. The van der Waals surface area contributed by atoms with Gasteiger partial charge < -0.3 is 20.1 Å². The summed E-state index contributed by atoms with van der Waals surface area (Å²) in [5.41, 5.74) is 5.84. The number of amides is 2. The number of piperidine rings is 1. The maximum atomic E-state index is 12.9. The van der Waals surface area contributed by atoms with Crippen LogP contribution in [0.3, 0.4) is 0 Å². The summed E-state index contributed by atoms with van der Waals surface area (Å²) >= 11 is 2.14. The molecule has 6 nitrogen and oxygen atoms in total. The van der Waals surface area contributed by atoms with Gasteiger partial charge in [-0.05, 0) is 59.9 Å². The van der Waals surface area contributed by atoms with Crippen LogP contribution in [0.5, 0.6) is 11.5 Å². The second-order valence-corrected chi connectivity index (χ2v) is 7.11. The Kier molecular flexibility index (Phi) is 6.70. The zero-order valence-electron chi connectivity index (χ0n) is 14.0. The Labute approximate surface area is 155 Å². The van der Waals surface area contributed by atoms with E-state index in [0.717, 1.165) is 29.4 Å². The van der Waals surface area contributed by atoms with Crippen molar-refractivity contribution < 1.29 is 19.1 Å². The molecule has 1 aromatic carbocycles. The highest BCUT2D eigenvalue weighted by molar-refractivity contribution is 14.1. The molecule has 1 unspecified atom stereocenters. The summed E-state index contributed by atoms with van der Waals surface area (Å²) in [6.07, 6.45) is 3.09. The maximum Gasteiger partial charge on any atom is 0.255 e. The second kappa shape index (κ2) is 8.55. The third-order valence-electron chi connectivity index (χ3n) is 4.31. The van der Waals surface area contributed by atoms with Crippen LogP contribution in [0.4, 0.5) is 0 Å². The Morgan fingerprint density at radius 1 is 1.29 bits per heavy atom. The summed E-state index contributed by atoms with van der Waals surface area (Å²) in [4.78, 5) is 25.7. The number of carbonyl (C=O) groups is 2. The number of halogens is 1. The molecule has 2 amide bonds. The lowest BCUT2D eigenvalue weighted by molar-refractivity contribution is -0.118. The first-order valence-corrected chi connectivity index (χ1v) is 9.03. The first kappa shape index (κ1) is 18.8. The molecule has 0 saturated carbocycles. The SMILES string of the molecule is COc1cc(I)c(C(=O)N2CCCC(CCC(N)=O)C2)cc1OC. The van der Waals surface area contributed by atoms with Crippen molar-refractivity contribution in [1.29, 1.82) is 0 Å². The van der Waals surface area contributed by atoms with E-state index in [2.05, 4.69) is 22.6 Å². The number of hydrogen-bond acceptors (Lipinski definition) is 4. The predicted molar refractivity (Wildman–Crippen MR) is 99.3 cm³/mol. The summed E-state index contributed by atoms with van der Waals surface area (Å²) in [5.74, 6) is 1.19. The molecule has 0 radical (unpaired) electrons. The van der Waals surface area contributed by atoms with Crippen molar-refractivity contribution in [2.75, 3.05) is 27.3 Å². The normalized spacial score (nSPS) is 17.5. The average molecular weight is 446 g/mol. The van der Waals surface area contributed by atoms with Gasteiger partial charge in [-0.15, -0.1) is 0 Å². The molecule has 1 heterocycles. The van der Waals surface area contributed by atoms with Crippen LogP contribution in [0, 0.1) is 9.49 Å². The van der Waals surface area contributed by atoms with Crippen molar-refractivity contribution in [3.05, 3.63) is 21.3 Å². The average Bonchev–Trinajstić information content (AvgIpc) is 2.59. The van der Waals surface area contributed by atoms with Crippen LogP contribution in [0.2, 0.25) is 0 Å². The van der Waals surface area contributed by atoms with Gasteiger partial charge >= 0.3 is 0 Å². The van der Waals surface area contributed by atoms with Crippen LogP contribution < -0.4 is 15.2 Å². The predicted octanol–water partition coefficient (Wildman–Crippen LogP) is 2.43. The van der Waals surface area contributed by atoms with Crippen LogP contribution in [0.15, 0.2) is 12.1 Å². The van der Waals surface area contributed by atoms with Crippen LogP contribution in [-0.4, -0.2) is 44.0 Å². The number of likely N-dealkylation sites (tertiary alicyclic amines) is 1. The number of hydrogen-bond donors (Lipinski definition) is 1. The van der Waals surface area contributed by atoms with Crippen molar-refractivity contribution >= 4 is 34.4 Å². The van der Waals surface area contributed by atoms with E-state index in [0.29, 0.717) is 35.9 Å². The molecule has 2 rings (SSSR count). The van der Waals surface area contributed by atoms with E-state index in [1.807, 2.05) is 4.90 Å². The lowest BCUT2D eigenvalue weighted by Gasteiger charge is -2.33.